The van der Waals surface area contributed by atoms with Crippen LogP contribution in [0.1, 0.15) is 30.5 Å². The van der Waals surface area contributed by atoms with E-state index in [9.17, 15) is 4.39 Å². The topological polar surface area (TPSA) is 35.8 Å². The molecule has 0 bridgehead atoms. The molecular formula is C16H13Cl2FN2. The van der Waals surface area contributed by atoms with E-state index < -0.39 is 5.82 Å². The number of nitriles is 1. The van der Waals surface area contributed by atoms with Crippen molar-refractivity contribution in [3.8, 4) is 6.07 Å². The second kappa shape index (κ2) is 6.80. The van der Waals surface area contributed by atoms with E-state index in [1.54, 1.807) is 18.2 Å². The summed E-state index contributed by atoms with van der Waals surface area (Å²) in [5, 5.41) is 13.3. The lowest BCUT2D eigenvalue weighted by atomic mass is 10.0. The van der Waals surface area contributed by atoms with Crippen molar-refractivity contribution in [3.05, 3.63) is 63.4 Å². The predicted octanol–water partition coefficient (Wildman–Crippen LogP) is 5.57. The highest BCUT2D eigenvalue weighted by Gasteiger charge is 2.13. The van der Waals surface area contributed by atoms with Gasteiger partial charge in [0.2, 0.25) is 0 Å². The fraction of sp³-hybridized carbons (Fsp3) is 0.188. The van der Waals surface area contributed by atoms with Crippen LogP contribution in [-0.4, -0.2) is 0 Å². The molecule has 5 heteroatoms. The van der Waals surface area contributed by atoms with Crippen LogP contribution in [0.4, 0.5) is 10.1 Å². The maximum atomic E-state index is 13.2. The molecule has 2 aromatic carbocycles. The van der Waals surface area contributed by atoms with Crippen molar-refractivity contribution in [2.45, 2.75) is 19.4 Å². The first kappa shape index (κ1) is 15.6. The van der Waals surface area contributed by atoms with E-state index in [2.05, 4.69) is 5.32 Å². The molecule has 108 valence electrons. The zero-order valence-corrected chi connectivity index (χ0v) is 12.8. The Kier molecular flexibility index (Phi) is 5.06. The molecule has 2 rings (SSSR count). The third kappa shape index (κ3) is 3.66. The largest absolute Gasteiger partial charge is 0.377 e. The van der Waals surface area contributed by atoms with E-state index in [-0.39, 0.29) is 11.6 Å². The molecule has 0 aliphatic carbocycles. The summed E-state index contributed by atoms with van der Waals surface area (Å²) in [4.78, 5) is 0. The minimum Gasteiger partial charge on any atom is -0.377 e. The van der Waals surface area contributed by atoms with Crippen molar-refractivity contribution in [1.82, 2.24) is 0 Å². The van der Waals surface area contributed by atoms with Gasteiger partial charge in [0.25, 0.3) is 0 Å². The molecule has 0 radical (unpaired) electrons. The van der Waals surface area contributed by atoms with Gasteiger partial charge in [0.05, 0.1) is 27.3 Å². The Morgan fingerprint density at radius 3 is 2.57 bits per heavy atom. The summed E-state index contributed by atoms with van der Waals surface area (Å²) in [6, 6.07) is 11.5. The quantitative estimate of drug-likeness (QED) is 0.798. The van der Waals surface area contributed by atoms with Gasteiger partial charge < -0.3 is 5.32 Å². The van der Waals surface area contributed by atoms with E-state index in [0.29, 0.717) is 15.7 Å². The maximum absolute atomic E-state index is 13.2. The Balaban J connectivity index is 2.31. The van der Waals surface area contributed by atoms with E-state index in [4.69, 9.17) is 28.5 Å². The first-order valence-electron chi connectivity index (χ1n) is 6.46. The molecule has 0 spiro atoms. The zero-order chi connectivity index (χ0) is 15.4. The molecular weight excluding hydrogens is 310 g/mol. The van der Waals surface area contributed by atoms with Crippen molar-refractivity contribution in [2.75, 3.05) is 5.32 Å². The first-order chi connectivity index (χ1) is 10.0. The second-order valence-electron chi connectivity index (χ2n) is 4.58. The van der Waals surface area contributed by atoms with Gasteiger partial charge in [-0.1, -0.05) is 36.2 Å². The summed E-state index contributed by atoms with van der Waals surface area (Å²) in [5.41, 5.74) is 1.82. The Morgan fingerprint density at radius 1 is 1.19 bits per heavy atom. The molecule has 2 aromatic rings. The van der Waals surface area contributed by atoms with Gasteiger partial charge in [-0.25, -0.2) is 4.39 Å². The van der Waals surface area contributed by atoms with Gasteiger partial charge >= 0.3 is 0 Å². The van der Waals surface area contributed by atoms with Crippen molar-refractivity contribution >= 4 is 28.9 Å². The van der Waals surface area contributed by atoms with Gasteiger partial charge in [0.1, 0.15) is 11.9 Å². The standard InChI is InChI=1S/C16H13Cl2FN2/c1-2-15(10-3-5-13(17)14(18)8-10)21-16-6-4-12(19)7-11(16)9-20/h3-8,15,21H,2H2,1H3. The van der Waals surface area contributed by atoms with Crippen LogP contribution in [0, 0.1) is 17.1 Å². The van der Waals surface area contributed by atoms with Crippen LogP contribution in [0.25, 0.3) is 0 Å². The zero-order valence-electron chi connectivity index (χ0n) is 11.3. The van der Waals surface area contributed by atoms with Crippen LogP contribution in [0.5, 0.6) is 0 Å². The Labute approximate surface area is 133 Å². The molecule has 0 amide bonds. The van der Waals surface area contributed by atoms with Crippen molar-refractivity contribution in [2.24, 2.45) is 0 Å². The summed E-state index contributed by atoms with van der Waals surface area (Å²) in [6.07, 6.45) is 0.778. The number of nitrogens with one attached hydrogen (secondary N) is 1. The SMILES string of the molecule is CCC(Nc1ccc(F)cc1C#N)c1ccc(Cl)c(Cl)c1. The lowest BCUT2D eigenvalue weighted by Crippen LogP contribution is -2.11. The molecule has 0 saturated heterocycles. The molecule has 0 aliphatic rings. The molecule has 21 heavy (non-hydrogen) atoms. The van der Waals surface area contributed by atoms with E-state index in [0.717, 1.165) is 12.0 Å². The van der Waals surface area contributed by atoms with Crippen molar-refractivity contribution in [3.63, 3.8) is 0 Å². The lowest BCUT2D eigenvalue weighted by molar-refractivity contribution is 0.627. The minimum atomic E-state index is -0.431. The summed E-state index contributed by atoms with van der Waals surface area (Å²) >= 11 is 12.0. The highest BCUT2D eigenvalue weighted by Crippen LogP contribution is 2.30. The van der Waals surface area contributed by atoms with Crippen LogP contribution < -0.4 is 5.32 Å². The summed E-state index contributed by atoms with van der Waals surface area (Å²) in [5.74, 6) is -0.431. The number of hydrogen-bond acceptors (Lipinski definition) is 2. The second-order valence-corrected chi connectivity index (χ2v) is 5.39. The van der Waals surface area contributed by atoms with Gasteiger partial charge in [-0.2, -0.15) is 5.26 Å². The molecule has 0 aliphatic heterocycles. The Morgan fingerprint density at radius 2 is 1.95 bits per heavy atom. The third-order valence-electron chi connectivity index (χ3n) is 3.19. The van der Waals surface area contributed by atoms with Crippen LogP contribution in [0.2, 0.25) is 10.0 Å². The highest BCUT2D eigenvalue weighted by molar-refractivity contribution is 6.42. The first-order valence-corrected chi connectivity index (χ1v) is 7.22. The lowest BCUT2D eigenvalue weighted by Gasteiger charge is -2.20. The van der Waals surface area contributed by atoms with Gasteiger partial charge in [-0.05, 0) is 42.3 Å². The van der Waals surface area contributed by atoms with Crippen LogP contribution in [-0.2, 0) is 0 Å². The van der Waals surface area contributed by atoms with Gasteiger partial charge in [0.15, 0.2) is 0 Å². The number of anilines is 1. The molecule has 0 aromatic heterocycles. The normalized spacial score (nSPS) is 11.8. The van der Waals surface area contributed by atoms with Gasteiger partial charge in [-0.3, -0.25) is 0 Å². The van der Waals surface area contributed by atoms with E-state index in [1.165, 1.54) is 12.1 Å². The number of hydrogen-bond donors (Lipinski definition) is 1. The summed E-state index contributed by atoms with van der Waals surface area (Å²) in [7, 11) is 0. The molecule has 0 saturated carbocycles. The minimum absolute atomic E-state index is 0.0441. The molecule has 1 atom stereocenters. The monoisotopic (exact) mass is 322 g/mol. The fourth-order valence-electron chi connectivity index (χ4n) is 2.07. The molecule has 1 unspecified atom stereocenters. The van der Waals surface area contributed by atoms with Crippen molar-refractivity contribution in [1.29, 1.82) is 5.26 Å². The van der Waals surface area contributed by atoms with Crippen LogP contribution in [0.3, 0.4) is 0 Å². The fourth-order valence-corrected chi connectivity index (χ4v) is 2.38. The number of rotatable bonds is 4. The Bertz CT molecular complexity index is 695. The van der Waals surface area contributed by atoms with Gasteiger partial charge in [-0.15, -0.1) is 0 Å². The molecule has 1 N–H and O–H groups in total. The van der Waals surface area contributed by atoms with Crippen LogP contribution in [0.15, 0.2) is 36.4 Å². The number of halogens is 3. The van der Waals surface area contributed by atoms with Gasteiger partial charge in [0, 0.05) is 0 Å². The van der Waals surface area contributed by atoms with Crippen LogP contribution >= 0.6 is 23.2 Å². The average molecular weight is 323 g/mol. The number of nitrogens with zero attached hydrogens (tertiary/aromatic N) is 1. The van der Waals surface area contributed by atoms with Crippen molar-refractivity contribution < 1.29 is 4.39 Å². The molecule has 0 heterocycles. The maximum Gasteiger partial charge on any atom is 0.124 e. The molecule has 0 fully saturated rings. The highest BCUT2D eigenvalue weighted by atomic mass is 35.5. The summed E-state index contributed by atoms with van der Waals surface area (Å²) < 4.78 is 13.2. The average Bonchev–Trinajstić information content (AvgIpc) is 2.48. The number of benzene rings is 2. The Hall–Kier alpha value is -1.76. The van der Waals surface area contributed by atoms with E-state index in [1.807, 2.05) is 19.1 Å². The summed E-state index contributed by atoms with van der Waals surface area (Å²) in [6.45, 7) is 2.01. The smallest absolute Gasteiger partial charge is 0.124 e. The predicted molar refractivity (Wildman–Crippen MR) is 84.2 cm³/mol. The third-order valence-corrected chi connectivity index (χ3v) is 3.93. The van der Waals surface area contributed by atoms with E-state index >= 15 is 0 Å². The molecule has 2 nitrogen and oxygen atoms in total.